The smallest absolute Gasteiger partial charge is 0.257 e. The lowest BCUT2D eigenvalue weighted by molar-refractivity contribution is 0.102. The largest absolute Gasteiger partial charge is 0.389 e. The van der Waals surface area contributed by atoms with Crippen LogP contribution in [0.2, 0.25) is 0 Å². The van der Waals surface area contributed by atoms with Crippen LogP contribution in [0.1, 0.15) is 21.5 Å². The summed E-state index contributed by atoms with van der Waals surface area (Å²) in [4.78, 5) is 16.4. The molecule has 1 aromatic heterocycles. The van der Waals surface area contributed by atoms with Crippen molar-refractivity contribution in [1.82, 2.24) is 4.98 Å². The van der Waals surface area contributed by atoms with E-state index in [-0.39, 0.29) is 10.9 Å². The van der Waals surface area contributed by atoms with Crippen LogP contribution in [-0.4, -0.2) is 15.9 Å². The molecule has 0 aliphatic carbocycles. The van der Waals surface area contributed by atoms with Crippen molar-refractivity contribution in [3.05, 3.63) is 57.8 Å². The lowest BCUT2D eigenvalue weighted by atomic mass is 10.1. The molecule has 6 heteroatoms. The first kappa shape index (κ1) is 14.6. The molecule has 0 radical (unpaired) electrons. The number of nitrogens with two attached hydrogens (primary N) is 1. The summed E-state index contributed by atoms with van der Waals surface area (Å²) in [6.45, 7) is 1.88. The van der Waals surface area contributed by atoms with Crippen molar-refractivity contribution < 1.29 is 4.79 Å². The van der Waals surface area contributed by atoms with Crippen molar-refractivity contribution in [1.29, 1.82) is 0 Å². The van der Waals surface area contributed by atoms with Crippen LogP contribution < -0.4 is 11.1 Å². The van der Waals surface area contributed by atoms with Crippen molar-refractivity contribution in [2.24, 2.45) is 5.73 Å². The van der Waals surface area contributed by atoms with Gasteiger partial charge in [-0.1, -0.05) is 28.1 Å². The van der Waals surface area contributed by atoms with E-state index < -0.39 is 0 Å². The van der Waals surface area contributed by atoms with Gasteiger partial charge in [-0.3, -0.25) is 9.78 Å². The molecule has 0 spiro atoms. The summed E-state index contributed by atoms with van der Waals surface area (Å²) in [5.41, 5.74) is 8.27. The highest BCUT2D eigenvalue weighted by molar-refractivity contribution is 9.10. The summed E-state index contributed by atoms with van der Waals surface area (Å²) in [6.07, 6.45) is 3.21. The first-order chi connectivity index (χ1) is 9.47. The van der Waals surface area contributed by atoms with Gasteiger partial charge in [0.15, 0.2) is 0 Å². The molecular formula is C14H12BrN3OS. The van der Waals surface area contributed by atoms with Gasteiger partial charge >= 0.3 is 0 Å². The van der Waals surface area contributed by atoms with E-state index in [0.717, 1.165) is 10.0 Å². The summed E-state index contributed by atoms with van der Waals surface area (Å²) in [5.74, 6) is -0.249. The Kier molecular flexibility index (Phi) is 4.46. The van der Waals surface area contributed by atoms with E-state index in [4.69, 9.17) is 18.0 Å². The topological polar surface area (TPSA) is 68.0 Å². The minimum Gasteiger partial charge on any atom is -0.389 e. The van der Waals surface area contributed by atoms with E-state index in [1.165, 1.54) is 6.20 Å². The van der Waals surface area contributed by atoms with Crippen molar-refractivity contribution >= 4 is 44.7 Å². The molecule has 2 rings (SSSR count). The number of hydrogen-bond donors (Lipinski definition) is 2. The summed E-state index contributed by atoms with van der Waals surface area (Å²) >= 11 is 8.34. The number of benzene rings is 1. The van der Waals surface area contributed by atoms with E-state index in [0.29, 0.717) is 16.8 Å². The Hall–Kier alpha value is -1.79. The number of thiocarbonyl (C=S) groups is 1. The highest BCUT2D eigenvalue weighted by atomic mass is 79.9. The molecule has 0 saturated heterocycles. The number of aryl methyl sites for hydroxylation is 1. The zero-order valence-corrected chi connectivity index (χ0v) is 13.1. The molecule has 0 aliphatic rings. The molecule has 0 bridgehead atoms. The van der Waals surface area contributed by atoms with Crippen LogP contribution in [-0.2, 0) is 0 Å². The SMILES string of the molecule is Cc1cncc(C(=O)Nc2ccc(Br)cc2C(N)=S)c1. The Morgan fingerprint density at radius 1 is 1.35 bits per heavy atom. The molecule has 102 valence electrons. The Morgan fingerprint density at radius 2 is 2.10 bits per heavy atom. The summed E-state index contributed by atoms with van der Waals surface area (Å²) < 4.78 is 0.843. The number of halogens is 1. The van der Waals surface area contributed by atoms with E-state index in [9.17, 15) is 4.79 Å². The average molecular weight is 350 g/mol. The number of nitrogens with zero attached hydrogens (tertiary/aromatic N) is 1. The summed E-state index contributed by atoms with van der Waals surface area (Å²) in [5, 5.41) is 2.80. The van der Waals surface area contributed by atoms with E-state index >= 15 is 0 Å². The summed E-state index contributed by atoms with van der Waals surface area (Å²) in [6, 6.07) is 7.10. The molecule has 0 saturated carbocycles. The number of amides is 1. The third-order valence-corrected chi connectivity index (χ3v) is 3.35. The number of carbonyl (C=O) groups is 1. The van der Waals surface area contributed by atoms with E-state index in [1.807, 2.05) is 13.0 Å². The van der Waals surface area contributed by atoms with Gasteiger partial charge in [-0.2, -0.15) is 0 Å². The van der Waals surface area contributed by atoms with Gasteiger partial charge in [0.25, 0.3) is 5.91 Å². The number of anilines is 1. The molecule has 1 aromatic carbocycles. The first-order valence-electron chi connectivity index (χ1n) is 5.80. The molecule has 0 aliphatic heterocycles. The predicted octanol–water partition coefficient (Wildman–Crippen LogP) is 3.04. The normalized spacial score (nSPS) is 10.1. The Balaban J connectivity index is 2.30. The third-order valence-electron chi connectivity index (χ3n) is 2.63. The second-order valence-corrected chi connectivity index (χ2v) is 5.61. The van der Waals surface area contributed by atoms with Gasteiger partial charge in [-0.05, 0) is 36.8 Å². The first-order valence-corrected chi connectivity index (χ1v) is 7.00. The van der Waals surface area contributed by atoms with Crippen LogP contribution in [0.5, 0.6) is 0 Å². The van der Waals surface area contributed by atoms with Crippen molar-refractivity contribution in [2.75, 3.05) is 5.32 Å². The number of nitrogens with one attached hydrogen (secondary N) is 1. The van der Waals surface area contributed by atoms with Gasteiger partial charge in [0.05, 0.1) is 11.3 Å². The Morgan fingerprint density at radius 3 is 2.75 bits per heavy atom. The minimum atomic E-state index is -0.249. The second kappa shape index (κ2) is 6.11. The van der Waals surface area contributed by atoms with Gasteiger partial charge in [-0.25, -0.2) is 0 Å². The number of rotatable bonds is 3. The molecule has 0 unspecified atom stereocenters. The van der Waals surface area contributed by atoms with Crippen molar-refractivity contribution in [3.8, 4) is 0 Å². The maximum atomic E-state index is 12.2. The Labute approximate surface area is 130 Å². The average Bonchev–Trinajstić information content (AvgIpc) is 2.40. The summed E-state index contributed by atoms with van der Waals surface area (Å²) in [7, 11) is 0. The van der Waals surface area contributed by atoms with Crippen LogP contribution in [0, 0.1) is 6.92 Å². The fourth-order valence-corrected chi connectivity index (χ4v) is 2.23. The van der Waals surface area contributed by atoms with Crippen molar-refractivity contribution in [2.45, 2.75) is 6.92 Å². The van der Waals surface area contributed by atoms with E-state index in [1.54, 1.807) is 24.4 Å². The van der Waals surface area contributed by atoms with Crippen LogP contribution in [0.4, 0.5) is 5.69 Å². The van der Waals surface area contributed by atoms with Crippen LogP contribution in [0.25, 0.3) is 0 Å². The lowest BCUT2D eigenvalue weighted by Gasteiger charge is -2.10. The van der Waals surface area contributed by atoms with Crippen LogP contribution >= 0.6 is 28.1 Å². The minimum absolute atomic E-state index is 0.226. The number of aromatic nitrogens is 1. The highest BCUT2D eigenvalue weighted by Gasteiger charge is 2.11. The fourth-order valence-electron chi connectivity index (χ4n) is 1.70. The molecule has 4 nitrogen and oxygen atoms in total. The molecule has 1 heterocycles. The number of hydrogen-bond acceptors (Lipinski definition) is 3. The second-order valence-electron chi connectivity index (χ2n) is 4.26. The molecule has 0 atom stereocenters. The number of pyridine rings is 1. The monoisotopic (exact) mass is 349 g/mol. The van der Waals surface area contributed by atoms with E-state index in [2.05, 4.69) is 26.2 Å². The van der Waals surface area contributed by atoms with Crippen LogP contribution in [0.15, 0.2) is 41.1 Å². The number of carbonyl (C=O) groups excluding carboxylic acids is 1. The molecule has 0 fully saturated rings. The van der Waals surface area contributed by atoms with Gasteiger partial charge in [-0.15, -0.1) is 0 Å². The Bertz CT molecular complexity index is 688. The maximum absolute atomic E-state index is 12.2. The zero-order valence-electron chi connectivity index (χ0n) is 10.7. The molecule has 2 aromatic rings. The predicted molar refractivity (Wildman–Crippen MR) is 87.0 cm³/mol. The molecule has 1 amide bonds. The fraction of sp³-hybridized carbons (Fsp3) is 0.0714. The molecule has 20 heavy (non-hydrogen) atoms. The maximum Gasteiger partial charge on any atom is 0.257 e. The van der Waals surface area contributed by atoms with Gasteiger partial charge < -0.3 is 11.1 Å². The molecular weight excluding hydrogens is 338 g/mol. The third kappa shape index (κ3) is 3.40. The van der Waals surface area contributed by atoms with Gasteiger partial charge in [0.1, 0.15) is 4.99 Å². The zero-order chi connectivity index (χ0) is 14.7. The molecule has 3 N–H and O–H groups in total. The lowest BCUT2D eigenvalue weighted by Crippen LogP contribution is -2.17. The van der Waals surface area contributed by atoms with Crippen molar-refractivity contribution in [3.63, 3.8) is 0 Å². The highest BCUT2D eigenvalue weighted by Crippen LogP contribution is 2.21. The quantitative estimate of drug-likeness (QED) is 0.835. The van der Waals surface area contributed by atoms with Gasteiger partial charge in [0.2, 0.25) is 0 Å². The van der Waals surface area contributed by atoms with Crippen LogP contribution in [0.3, 0.4) is 0 Å². The standard InChI is InChI=1S/C14H12BrN3OS/c1-8-4-9(7-17-6-8)14(19)18-12-3-2-10(15)5-11(12)13(16)20/h2-7H,1H3,(H2,16,20)(H,18,19). The van der Waals surface area contributed by atoms with Gasteiger partial charge in [0, 0.05) is 22.4 Å².